The molecule has 4 nitrogen and oxygen atoms in total. The van der Waals surface area contributed by atoms with Gasteiger partial charge >= 0.3 is 0 Å². The van der Waals surface area contributed by atoms with Crippen LogP contribution < -0.4 is 14.8 Å². The highest BCUT2D eigenvalue weighted by Gasteiger charge is 2.18. The van der Waals surface area contributed by atoms with Crippen LogP contribution in [0.5, 0.6) is 11.5 Å². The van der Waals surface area contributed by atoms with Crippen LogP contribution in [0.25, 0.3) is 10.6 Å². The summed E-state index contributed by atoms with van der Waals surface area (Å²) in [5.41, 5.74) is 2.02. The van der Waals surface area contributed by atoms with Crippen LogP contribution in [0.15, 0.2) is 18.2 Å². The first kappa shape index (κ1) is 14.8. The second-order valence-electron chi connectivity index (χ2n) is 4.52. The Morgan fingerprint density at radius 1 is 1.25 bits per heavy atom. The summed E-state index contributed by atoms with van der Waals surface area (Å²) < 4.78 is 10.8. The van der Waals surface area contributed by atoms with Crippen LogP contribution in [0.3, 0.4) is 0 Å². The topological polar surface area (TPSA) is 43.4 Å². The molecule has 1 aromatic heterocycles. The minimum atomic E-state index is 0.290. The van der Waals surface area contributed by atoms with E-state index in [0.29, 0.717) is 0 Å². The summed E-state index contributed by atoms with van der Waals surface area (Å²) in [5, 5.41) is 4.21. The Labute approximate surface area is 123 Å². The maximum absolute atomic E-state index is 5.48. The number of nitrogens with one attached hydrogen (secondary N) is 1. The molecule has 20 heavy (non-hydrogen) atoms. The minimum Gasteiger partial charge on any atom is -0.493 e. The molecule has 0 aliphatic rings. The van der Waals surface area contributed by atoms with Crippen molar-refractivity contribution in [2.45, 2.75) is 19.9 Å². The molecule has 0 bridgehead atoms. The van der Waals surface area contributed by atoms with Gasteiger partial charge in [-0.05, 0) is 33.0 Å². The van der Waals surface area contributed by atoms with Gasteiger partial charge in [0.25, 0.3) is 0 Å². The molecule has 0 fully saturated rings. The average molecular weight is 292 g/mol. The number of methoxy groups -OCH3 is 2. The molecule has 0 saturated carbocycles. The smallest absolute Gasteiger partial charge is 0.170 e. The highest BCUT2D eigenvalue weighted by molar-refractivity contribution is 7.15. The van der Waals surface area contributed by atoms with E-state index in [1.807, 2.05) is 32.2 Å². The monoisotopic (exact) mass is 292 g/mol. The van der Waals surface area contributed by atoms with Gasteiger partial charge in [0.1, 0.15) is 5.01 Å². The Kier molecular flexibility index (Phi) is 4.62. The summed E-state index contributed by atoms with van der Waals surface area (Å²) >= 11 is 1.68. The van der Waals surface area contributed by atoms with Gasteiger partial charge in [-0.25, -0.2) is 4.98 Å². The van der Waals surface area contributed by atoms with Crippen molar-refractivity contribution in [3.05, 3.63) is 28.8 Å². The molecule has 1 aromatic carbocycles. The molecular formula is C15H20N2O2S. The van der Waals surface area contributed by atoms with Crippen molar-refractivity contribution in [3.8, 4) is 22.1 Å². The predicted molar refractivity (Wildman–Crippen MR) is 82.9 cm³/mol. The Morgan fingerprint density at radius 2 is 2.00 bits per heavy atom. The van der Waals surface area contributed by atoms with Crippen LogP contribution in [0, 0.1) is 6.92 Å². The molecule has 0 spiro atoms. The molecule has 0 aliphatic carbocycles. The standard InChI is InChI=1S/C15H20N2O2S/c1-9(16-3)14-10(2)17-15(20-14)11-7-6-8-12(18-4)13(11)19-5/h6-9,16H,1-5H3. The number of hydrogen-bond donors (Lipinski definition) is 1. The highest BCUT2D eigenvalue weighted by Crippen LogP contribution is 2.41. The summed E-state index contributed by atoms with van der Waals surface area (Å²) in [7, 11) is 5.25. The number of benzene rings is 1. The second kappa shape index (κ2) is 6.24. The van der Waals surface area contributed by atoms with Crippen LogP contribution >= 0.6 is 11.3 Å². The Bertz CT molecular complexity index is 596. The van der Waals surface area contributed by atoms with Crippen molar-refractivity contribution in [2.75, 3.05) is 21.3 Å². The van der Waals surface area contributed by atoms with E-state index in [1.165, 1.54) is 4.88 Å². The minimum absolute atomic E-state index is 0.290. The van der Waals surface area contributed by atoms with E-state index < -0.39 is 0 Å². The number of para-hydroxylation sites is 1. The molecule has 5 heteroatoms. The van der Waals surface area contributed by atoms with E-state index in [9.17, 15) is 0 Å². The number of nitrogens with zero attached hydrogens (tertiary/aromatic N) is 1. The summed E-state index contributed by atoms with van der Waals surface area (Å²) in [5.74, 6) is 1.45. The number of ether oxygens (including phenoxy) is 2. The van der Waals surface area contributed by atoms with Gasteiger partial charge < -0.3 is 14.8 Å². The van der Waals surface area contributed by atoms with Crippen LogP contribution in [-0.4, -0.2) is 26.3 Å². The number of aromatic nitrogens is 1. The van der Waals surface area contributed by atoms with Crippen LogP contribution in [-0.2, 0) is 0 Å². The number of rotatable bonds is 5. The molecule has 1 atom stereocenters. The lowest BCUT2D eigenvalue weighted by atomic mass is 10.2. The first-order chi connectivity index (χ1) is 9.62. The maximum Gasteiger partial charge on any atom is 0.170 e. The first-order valence-corrected chi connectivity index (χ1v) is 7.30. The Hall–Kier alpha value is -1.59. The quantitative estimate of drug-likeness (QED) is 0.917. The number of hydrogen-bond acceptors (Lipinski definition) is 5. The molecule has 1 N–H and O–H groups in total. The Balaban J connectivity index is 2.52. The molecule has 1 unspecified atom stereocenters. The molecule has 0 radical (unpaired) electrons. The lowest BCUT2D eigenvalue weighted by Crippen LogP contribution is -2.11. The Morgan fingerprint density at radius 3 is 2.60 bits per heavy atom. The molecule has 2 rings (SSSR count). The summed E-state index contributed by atoms with van der Waals surface area (Å²) in [6, 6.07) is 6.14. The van der Waals surface area contributed by atoms with Crippen molar-refractivity contribution in [1.29, 1.82) is 0 Å². The predicted octanol–water partition coefficient (Wildman–Crippen LogP) is 3.42. The van der Waals surface area contributed by atoms with E-state index in [0.717, 1.165) is 27.8 Å². The van der Waals surface area contributed by atoms with Crippen molar-refractivity contribution in [3.63, 3.8) is 0 Å². The molecule has 0 aliphatic heterocycles. The molecular weight excluding hydrogens is 272 g/mol. The van der Waals surface area contributed by atoms with Gasteiger partial charge in [-0.2, -0.15) is 0 Å². The maximum atomic E-state index is 5.48. The summed E-state index contributed by atoms with van der Waals surface area (Å²) in [6.45, 7) is 4.17. The summed E-state index contributed by atoms with van der Waals surface area (Å²) in [6.07, 6.45) is 0. The van der Waals surface area contributed by atoms with Crippen molar-refractivity contribution in [1.82, 2.24) is 10.3 Å². The average Bonchev–Trinajstić information content (AvgIpc) is 2.87. The largest absolute Gasteiger partial charge is 0.493 e. The SMILES string of the molecule is CNC(C)c1sc(-c2cccc(OC)c2OC)nc1C. The molecule has 108 valence electrons. The normalized spacial score (nSPS) is 12.2. The van der Waals surface area contributed by atoms with E-state index in [4.69, 9.17) is 9.47 Å². The van der Waals surface area contributed by atoms with Gasteiger partial charge in [0.15, 0.2) is 11.5 Å². The highest BCUT2D eigenvalue weighted by atomic mass is 32.1. The third kappa shape index (κ3) is 2.64. The van der Waals surface area contributed by atoms with Gasteiger partial charge in [0, 0.05) is 10.9 Å². The van der Waals surface area contributed by atoms with Crippen molar-refractivity contribution < 1.29 is 9.47 Å². The van der Waals surface area contributed by atoms with Gasteiger partial charge in [-0.15, -0.1) is 11.3 Å². The van der Waals surface area contributed by atoms with Gasteiger partial charge in [0.05, 0.1) is 25.5 Å². The fourth-order valence-corrected chi connectivity index (χ4v) is 3.26. The van der Waals surface area contributed by atoms with Gasteiger partial charge in [-0.1, -0.05) is 6.07 Å². The molecule has 0 saturated heterocycles. The van der Waals surface area contributed by atoms with Crippen molar-refractivity contribution in [2.24, 2.45) is 0 Å². The zero-order valence-corrected chi connectivity index (χ0v) is 13.3. The molecule has 1 heterocycles. The number of thiazole rings is 1. The van der Waals surface area contributed by atoms with Gasteiger partial charge in [0.2, 0.25) is 0 Å². The van der Waals surface area contributed by atoms with Gasteiger partial charge in [-0.3, -0.25) is 0 Å². The van der Waals surface area contributed by atoms with E-state index in [-0.39, 0.29) is 6.04 Å². The van der Waals surface area contributed by atoms with E-state index in [2.05, 4.69) is 17.2 Å². The third-order valence-corrected chi connectivity index (χ3v) is 4.67. The molecule has 0 amide bonds. The third-order valence-electron chi connectivity index (χ3n) is 3.29. The lowest BCUT2D eigenvalue weighted by molar-refractivity contribution is 0.356. The van der Waals surface area contributed by atoms with Crippen molar-refractivity contribution >= 4 is 11.3 Å². The first-order valence-electron chi connectivity index (χ1n) is 6.48. The zero-order chi connectivity index (χ0) is 14.7. The number of aryl methyl sites for hydroxylation is 1. The van der Waals surface area contributed by atoms with E-state index >= 15 is 0 Å². The fraction of sp³-hybridized carbons (Fsp3) is 0.400. The van der Waals surface area contributed by atoms with Crippen LogP contribution in [0.1, 0.15) is 23.5 Å². The zero-order valence-electron chi connectivity index (χ0n) is 12.5. The van der Waals surface area contributed by atoms with Crippen LogP contribution in [0.4, 0.5) is 0 Å². The van der Waals surface area contributed by atoms with E-state index in [1.54, 1.807) is 25.6 Å². The molecule has 2 aromatic rings. The fourth-order valence-electron chi connectivity index (χ4n) is 2.11. The van der Waals surface area contributed by atoms with Crippen LogP contribution in [0.2, 0.25) is 0 Å². The summed E-state index contributed by atoms with van der Waals surface area (Å²) in [4.78, 5) is 5.92. The second-order valence-corrected chi connectivity index (χ2v) is 5.55. The lowest BCUT2D eigenvalue weighted by Gasteiger charge is -2.10.